The number of nitrogens with one attached hydrogen (secondary N) is 2. The minimum Gasteiger partial charge on any atom is -0.377 e. The highest BCUT2D eigenvalue weighted by Crippen LogP contribution is 2.30. The molecule has 3 rings (SSSR count). The first-order valence-electron chi connectivity index (χ1n) is 7.59. The predicted molar refractivity (Wildman–Crippen MR) is 103 cm³/mol. The van der Waals surface area contributed by atoms with Gasteiger partial charge in [-0.3, -0.25) is 4.72 Å². The lowest BCUT2D eigenvalue weighted by Gasteiger charge is -2.18. The van der Waals surface area contributed by atoms with Gasteiger partial charge >= 0.3 is 0 Å². The molecule has 1 aromatic heterocycles. The molecule has 9 heteroatoms. The van der Waals surface area contributed by atoms with Crippen molar-refractivity contribution in [3.63, 3.8) is 0 Å². The monoisotopic (exact) mass is 411 g/mol. The molecule has 1 unspecified atom stereocenters. The van der Waals surface area contributed by atoms with Crippen molar-refractivity contribution >= 4 is 43.8 Å². The van der Waals surface area contributed by atoms with Crippen LogP contribution in [0, 0.1) is 5.82 Å². The van der Waals surface area contributed by atoms with E-state index >= 15 is 0 Å². The Kier molecular flexibility index (Phi) is 5.45. The van der Waals surface area contributed by atoms with Crippen molar-refractivity contribution in [2.75, 3.05) is 10.0 Å². The van der Waals surface area contributed by atoms with Crippen molar-refractivity contribution in [3.05, 3.63) is 70.4 Å². The molecule has 0 saturated heterocycles. The van der Waals surface area contributed by atoms with Crippen LogP contribution in [-0.4, -0.2) is 13.4 Å². The van der Waals surface area contributed by atoms with E-state index in [4.69, 9.17) is 11.6 Å². The van der Waals surface area contributed by atoms with E-state index in [1.165, 1.54) is 35.7 Å². The number of rotatable bonds is 6. The molecule has 0 bridgehead atoms. The number of thiazole rings is 1. The summed E-state index contributed by atoms with van der Waals surface area (Å²) >= 11 is 7.40. The fourth-order valence-electron chi connectivity index (χ4n) is 2.37. The van der Waals surface area contributed by atoms with Crippen LogP contribution in [0.5, 0.6) is 0 Å². The fourth-order valence-corrected chi connectivity index (χ4v) is 4.48. The normalized spacial score (nSPS) is 12.6. The van der Waals surface area contributed by atoms with Gasteiger partial charge in [0.15, 0.2) is 5.13 Å². The van der Waals surface area contributed by atoms with Crippen LogP contribution < -0.4 is 10.0 Å². The molecule has 0 spiro atoms. The van der Waals surface area contributed by atoms with E-state index in [2.05, 4.69) is 15.0 Å². The number of hydrogen-bond donors (Lipinski definition) is 2. The molecule has 0 saturated carbocycles. The average molecular weight is 412 g/mol. The molecule has 5 nitrogen and oxygen atoms in total. The highest BCUT2D eigenvalue weighted by molar-refractivity contribution is 7.93. The molecule has 2 N–H and O–H groups in total. The van der Waals surface area contributed by atoms with Gasteiger partial charge in [-0.15, -0.1) is 11.3 Å². The van der Waals surface area contributed by atoms with Crippen LogP contribution in [0.1, 0.15) is 18.5 Å². The quantitative estimate of drug-likeness (QED) is 0.604. The Morgan fingerprint density at radius 3 is 2.65 bits per heavy atom. The van der Waals surface area contributed by atoms with E-state index in [1.807, 2.05) is 0 Å². The molecule has 3 aromatic rings. The lowest BCUT2D eigenvalue weighted by atomic mass is 10.1. The van der Waals surface area contributed by atoms with Crippen molar-refractivity contribution in [3.8, 4) is 0 Å². The zero-order valence-corrected chi connectivity index (χ0v) is 16.0. The topological polar surface area (TPSA) is 71.1 Å². The summed E-state index contributed by atoms with van der Waals surface area (Å²) in [7, 11) is -3.78. The maximum atomic E-state index is 13.9. The predicted octanol–water partition coefficient (Wildman–Crippen LogP) is 4.91. The van der Waals surface area contributed by atoms with E-state index in [9.17, 15) is 12.8 Å². The first kappa shape index (κ1) is 18.6. The highest BCUT2D eigenvalue weighted by Gasteiger charge is 2.18. The molecule has 0 radical (unpaired) electrons. The number of aromatic nitrogens is 1. The first-order valence-corrected chi connectivity index (χ1v) is 10.3. The van der Waals surface area contributed by atoms with Gasteiger partial charge < -0.3 is 5.32 Å². The van der Waals surface area contributed by atoms with Gasteiger partial charge in [0.25, 0.3) is 10.0 Å². The molecule has 0 aliphatic rings. The molecule has 1 atom stereocenters. The Morgan fingerprint density at radius 2 is 2.00 bits per heavy atom. The molecular weight excluding hydrogens is 397 g/mol. The molecule has 1 heterocycles. The van der Waals surface area contributed by atoms with E-state index < -0.39 is 10.0 Å². The summed E-state index contributed by atoms with van der Waals surface area (Å²) in [5.74, 6) is -0.324. The van der Waals surface area contributed by atoms with Crippen LogP contribution in [0.4, 0.5) is 15.2 Å². The van der Waals surface area contributed by atoms with E-state index in [-0.39, 0.29) is 26.9 Å². The van der Waals surface area contributed by atoms with Crippen molar-refractivity contribution in [1.29, 1.82) is 0 Å². The zero-order valence-electron chi connectivity index (χ0n) is 13.6. The second kappa shape index (κ2) is 7.61. The molecular formula is C17H15ClFN3O2S2. The van der Waals surface area contributed by atoms with Gasteiger partial charge in [0.1, 0.15) is 5.82 Å². The second-order valence-corrected chi connectivity index (χ2v) is 8.46. The summed E-state index contributed by atoms with van der Waals surface area (Å²) in [4.78, 5) is 3.91. The SMILES string of the molecule is CC(Nc1ccc(S(=O)(=O)Nc2nccs2)cc1Cl)c1ccccc1F. The summed E-state index contributed by atoms with van der Waals surface area (Å²) in [6.07, 6.45) is 1.51. The third-order valence-electron chi connectivity index (χ3n) is 3.65. The van der Waals surface area contributed by atoms with Gasteiger partial charge in [-0.2, -0.15) is 0 Å². The van der Waals surface area contributed by atoms with E-state index in [0.717, 1.165) is 0 Å². The van der Waals surface area contributed by atoms with Crippen LogP contribution in [0.2, 0.25) is 5.02 Å². The molecule has 136 valence electrons. The number of hydrogen-bond acceptors (Lipinski definition) is 5. The summed E-state index contributed by atoms with van der Waals surface area (Å²) in [6, 6.07) is 10.4. The Bertz CT molecular complexity index is 1010. The largest absolute Gasteiger partial charge is 0.377 e. The summed E-state index contributed by atoms with van der Waals surface area (Å²) in [6.45, 7) is 1.80. The Balaban J connectivity index is 1.80. The maximum absolute atomic E-state index is 13.9. The van der Waals surface area contributed by atoms with Crippen molar-refractivity contribution < 1.29 is 12.8 Å². The second-order valence-electron chi connectivity index (χ2n) is 5.47. The highest BCUT2D eigenvalue weighted by atomic mass is 35.5. The Labute approximate surface area is 159 Å². The maximum Gasteiger partial charge on any atom is 0.263 e. The third kappa shape index (κ3) is 4.14. The van der Waals surface area contributed by atoms with Crippen LogP contribution in [0.25, 0.3) is 0 Å². The average Bonchev–Trinajstić information content (AvgIpc) is 3.09. The van der Waals surface area contributed by atoms with Crippen molar-refractivity contribution in [2.45, 2.75) is 17.9 Å². The minimum absolute atomic E-state index is 0.0156. The molecule has 0 aliphatic carbocycles. The smallest absolute Gasteiger partial charge is 0.263 e. The van der Waals surface area contributed by atoms with Crippen molar-refractivity contribution in [1.82, 2.24) is 4.98 Å². The molecule has 2 aromatic carbocycles. The number of nitrogens with zero attached hydrogens (tertiary/aromatic N) is 1. The Hall–Kier alpha value is -2.16. The number of halogens is 2. The van der Waals surface area contributed by atoms with Gasteiger partial charge in [-0.05, 0) is 31.2 Å². The van der Waals surface area contributed by atoms with Gasteiger partial charge in [0.2, 0.25) is 0 Å². The summed E-state index contributed by atoms with van der Waals surface area (Å²) in [5.41, 5.74) is 1.00. The zero-order chi connectivity index (χ0) is 18.7. The number of anilines is 2. The van der Waals surface area contributed by atoms with Gasteiger partial charge in [0.05, 0.1) is 21.6 Å². The van der Waals surface area contributed by atoms with Crippen LogP contribution in [-0.2, 0) is 10.0 Å². The van der Waals surface area contributed by atoms with Crippen LogP contribution in [0.15, 0.2) is 58.9 Å². The number of sulfonamides is 1. The molecule has 26 heavy (non-hydrogen) atoms. The minimum atomic E-state index is -3.78. The standard InChI is InChI=1S/C17H15ClFN3O2S2/c1-11(13-4-2-3-5-15(13)19)21-16-7-6-12(10-14(16)18)26(23,24)22-17-20-8-9-25-17/h2-11,21H,1H3,(H,20,22). The van der Waals surface area contributed by atoms with Crippen molar-refractivity contribution in [2.24, 2.45) is 0 Å². The Morgan fingerprint density at radius 1 is 1.23 bits per heavy atom. The molecule has 0 aliphatic heterocycles. The van der Waals surface area contributed by atoms with Crippen LogP contribution in [0.3, 0.4) is 0 Å². The van der Waals surface area contributed by atoms with Gasteiger partial charge in [-0.1, -0.05) is 29.8 Å². The lowest BCUT2D eigenvalue weighted by molar-refractivity contribution is 0.600. The number of benzene rings is 2. The lowest BCUT2D eigenvalue weighted by Crippen LogP contribution is -2.13. The fraction of sp³-hybridized carbons (Fsp3) is 0.118. The van der Waals surface area contributed by atoms with E-state index in [1.54, 1.807) is 36.6 Å². The van der Waals surface area contributed by atoms with Crippen LogP contribution >= 0.6 is 22.9 Å². The molecule has 0 fully saturated rings. The van der Waals surface area contributed by atoms with Gasteiger partial charge in [-0.25, -0.2) is 17.8 Å². The molecule has 0 amide bonds. The summed E-state index contributed by atoms with van der Waals surface area (Å²) in [5, 5.41) is 5.25. The first-order chi connectivity index (χ1) is 12.4. The third-order valence-corrected chi connectivity index (χ3v) is 6.12. The van der Waals surface area contributed by atoms with E-state index in [0.29, 0.717) is 11.3 Å². The van der Waals surface area contributed by atoms with Gasteiger partial charge in [0, 0.05) is 17.1 Å². The summed E-state index contributed by atoms with van der Waals surface area (Å²) < 4.78 is 41.0.